The third kappa shape index (κ3) is 3.11. The van der Waals surface area contributed by atoms with E-state index in [1.54, 1.807) is 19.1 Å². The summed E-state index contributed by atoms with van der Waals surface area (Å²) in [5, 5.41) is 7.73. The van der Waals surface area contributed by atoms with Gasteiger partial charge in [0.15, 0.2) is 0 Å². The SMILES string of the molecule is Cc1nnsc1C(=O)NC(C)(C)c1ccc(Cl)c(Cl)c1. The van der Waals surface area contributed by atoms with Gasteiger partial charge in [-0.15, -0.1) is 5.10 Å². The number of nitrogens with zero attached hydrogens (tertiary/aromatic N) is 2. The molecule has 1 heterocycles. The van der Waals surface area contributed by atoms with Crippen molar-refractivity contribution in [2.45, 2.75) is 26.3 Å². The molecule has 0 bridgehead atoms. The van der Waals surface area contributed by atoms with E-state index >= 15 is 0 Å². The molecule has 0 fully saturated rings. The molecule has 0 unspecified atom stereocenters. The molecule has 0 radical (unpaired) electrons. The first-order chi connectivity index (χ1) is 9.31. The highest BCUT2D eigenvalue weighted by Crippen LogP contribution is 2.28. The van der Waals surface area contributed by atoms with Crippen molar-refractivity contribution in [2.24, 2.45) is 0 Å². The van der Waals surface area contributed by atoms with Gasteiger partial charge in [0.25, 0.3) is 5.91 Å². The lowest BCUT2D eigenvalue weighted by Gasteiger charge is -2.27. The Labute approximate surface area is 131 Å². The summed E-state index contributed by atoms with van der Waals surface area (Å²) in [5.74, 6) is -0.200. The zero-order valence-electron chi connectivity index (χ0n) is 11.2. The molecule has 1 N–H and O–H groups in total. The molecule has 7 heteroatoms. The highest BCUT2D eigenvalue weighted by molar-refractivity contribution is 7.08. The molecule has 0 aliphatic rings. The van der Waals surface area contributed by atoms with Crippen LogP contribution in [0.2, 0.25) is 10.0 Å². The summed E-state index contributed by atoms with van der Waals surface area (Å²) < 4.78 is 3.76. The molecule has 0 atom stereocenters. The summed E-state index contributed by atoms with van der Waals surface area (Å²) in [6, 6.07) is 5.31. The van der Waals surface area contributed by atoms with Crippen LogP contribution in [0.4, 0.5) is 0 Å². The standard InChI is InChI=1S/C13H13Cl2N3OS/c1-7-11(20-18-17-7)12(19)16-13(2,3)8-4-5-9(14)10(15)6-8/h4-6H,1-3H3,(H,16,19). The van der Waals surface area contributed by atoms with Gasteiger partial charge in [0, 0.05) is 0 Å². The number of aromatic nitrogens is 2. The first-order valence-corrected chi connectivity index (χ1v) is 7.41. The number of carbonyl (C=O) groups excluding carboxylic acids is 1. The van der Waals surface area contributed by atoms with Crippen molar-refractivity contribution in [1.29, 1.82) is 0 Å². The lowest BCUT2D eigenvalue weighted by molar-refractivity contribution is 0.0915. The lowest BCUT2D eigenvalue weighted by atomic mass is 9.94. The maximum Gasteiger partial charge on any atom is 0.265 e. The molecule has 4 nitrogen and oxygen atoms in total. The average Bonchev–Trinajstić information content (AvgIpc) is 2.78. The largest absolute Gasteiger partial charge is 0.342 e. The highest BCUT2D eigenvalue weighted by Gasteiger charge is 2.26. The molecule has 1 aromatic carbocycles. The summed E-state index contributed by atoms with van der Waals surface area (Å²) in [5.41, 5.74) is 0.912. The van der Waals surface area contributed by atoms with Gasteiger partial charge in [-0.2, -0.15) is 0 Å². The minimum absolute atomic E-state index is 0.200. The van der Waals surface area contributed by atoms with Crippen LogP contribution in [-0.2, 0) is 5.54 Å². The van der Waals surface area contributed by atoms with Gasteiger partial charge in [-0.25, -0.2) is 0 Å². The smallest absolute Gasteiger partial charge is 0.265 e. The van der Waals surface area contributed by atoms with Crippen molar-refractivity contribution < 1.29 is 4.79 Å². The topological polar surface area (TPSA) is 54.9 Å². The van der Waals surface area contributed by atoms with E-state index in [2.05, 4.69) is 14.9 Å². The van der Waals surface area contributed by atoms with Crippen molar-refractivity contribution in [3.8, 4) is 0 Å². The zero-order valence-corrected chi connectivity index (χ0v) is 13.5. The van der Waals surface area contributed by atoms with E-state index in [0.29, 0.717) is 20.6 Å². The minimum atomic E-state index is -0.582. The van der Waals surface area contributed by atoms with Gasteiger partial charge in [0.2, 0.25) is 0 Å². The average molecular weight is 330 g/mol. The molecule has 0 aliphatic heterocycles. The van der Waals surface area contributed by atoms with Gasteiger partial charge in [-0.1, -0.05) is 33.8 Å². The second-order valence-corrected chi connectivity index (χ2v) is 6.46. The van der Waals surface area contributed by atoms with Gasteiger partial charge in [0.1, 0.15) is 4.88 Å². The summed E-state index contributed by atoms with van der Waals surface area (Å²) in [6.07, 6.45) is 0. The number of hydrogen-bond acceptors (Lipinski definition) is 4. The Kier molecular flexibility index (Phi) is 4.32. The molecule has 0 saturated carbocycles. The van der Waals surface area contributed by atoms with E-state index in [0.717, 1.165) is 17.1 Å². The van der Waals surface area contributed by atoms with Crippen LogP contribution in [0.5, 0.6) is 0 Å². The van der Waals surface area contributed by atoms with Crippen molar-refractivity contribution in [2.75, 3.05) is 0 Å². The third-order valence-corrected chi connectivity index (χ3v) is 4.49. The monoisotopic (exact) mass is 329 g/mol. The van der Waals surface area contributed by atoms with E-state index in [1.807, 2.05) is 19.9 Å². The van der Waals surface area contributed by atoms with E-state index in [-0.39, 0.29) is 5.91 Å². The van der Waals surface area contributed by atoms with Crippen molar-refractivity contribution in [3.05, 3.63) is 44.4 Å². The zero-order chi connectivity index (χ0) is 14.9. The predicted octanol–water partition coefficient (Wildman–Crippen LogP) is 3.82. The van der Waals surface area contributed by atoms with Crippen LogP contribution in [0.1, 0.15) is 34.8 Å². The molecule has 0 aliphatic carbocycles. The Morgan fingerprint density at radius 1 is 1.30 bits per heavy atom. The molecule has 2 rings (SSSR count). The van der Waals surface area contributed by atoms with E-state index in [1.165, 1.54) is 0 Å². The maximum absolute atomic E-state index is 12.2. The van der Waals surface area contributed by atoms with E-state index in [4.69, 9.17) is 23.2 Å². The number of aryl methyl sites for hydroxylation is 1. The van der Waals surface area contributed by atoms with E-state index in [9.17, 15) is 4.79 Å². The summed E-state index contributed by atoms with van der Waals surface area (Å²) >= 11 is 13.0. The Morgan fingerprint density at radius 3 is 2.55 bits per heavy atom. The van der Waals surface area contributed by atoms with Crippen LogP contribution in [-0.4, -0.2) is 15.5 Å². The minimum Gasteiger partial charge on any atom is -0.342 e. The van der Waals surface area contributed by atoms with Crippen LogP contribution in [0.25, 0.3) is 0 Å². The number of rotatable bonds is 3. The number of nitrogens with one attached hydrogen (secondary N) is 1. The maximum atomic E-state index is 12.2. The first kappa shape index (κ1) is 15.2. The molecule has 0 spiro atoms. The molecular weight excluding hydrogens is 317 g/mol. The van der Waals surface area contributed by atoms with Crippen molar-refractivity contribution >= 4 is 40.6 Å². The van der Waals surface area contributed by atoms with Crippen LogP contribution in [0.15, 0.2) is 18.2 Å². The molecule has 20 heavy (non-hydrogen) atoms. The summed E-state index contributed by atoms with van der Waals surface area (Å²) in [4.78, 5) is 12.7. The fourth-order valence-electron chi connectivity index (χ4n) is 1.74. The van der Waals surface area contributed by atoms with Gasteiger partial charge < -0.3 is 5.32 Å². The van der Waals surface area contributed by atoms with Crippen LogP contribution in [0, 0.1) is 6.92 Å². The number of benzene rings is 1. The fourth-order valence-corrected chi connectivity index (χ4v) is 2.59. The van der Waals surface area contributed by atoms with Gasteiger partial charge in [0.05, 0.1) is 21.3 Å². The number of halogens is 2. The van der Waals surface area contributed by atoms with Gasteiger partial charge >= 0.3 is 0 Å². The Balaban J connectivity index is 2.24. The third-order valence-electron chi connectivity index (χ3n) is 2.93. The second kappa shape index (κ2) is 5.68. The molecule has 2 aromatic rings. The molecule has 106 valence electrons. The molecular formula is C13H13Cl2N3OS. The van der Waals surface area contributed by atoms with Crippen LogP contribution in [0.3, 0.4) is 0 Å². The van der Waals surface area contributed by atoms with E-state index < -0.39 is 5.54 Å². The predicted molar refractivity (Wildman–Crippen MR) is 81.6 cm³/mol. The highest BCUT2D eigenvalue weighted by atomic mass is 35.5. The number of amides is 1. The van der Waals surface area contributed by atoms with Crippen LogP contribution < -0.4 is 5.32 Å². The van der Waals surface area contributed by atoms with Gasteiger partial charge in [-0.3, -0.25) is 4.79 Å². The second-order valence-electron chi connectivity index (χ2n) is 4.90. The Bertz CT molecular complexity index is 655. The molecule has 1 amide bonds. The lowest BCUT2D eigenvalue weighted by Crippen LogP contribution is -2.40. The van der Waals surface area contributed by atoms with Crippen molar-refractivity contribution in [3.63, 3.8) is 0 Å². The Morgan fingerprint density at radius 2 is 2.00 bits per heavy atom. The van der Waals surface area contributed by atoms with Crippen molar-refractivity contribution in [1.82, 2.24) is 14.9 Å². The Hall–Kier alpha value is -1.17. The quantitative estimate of drug-likeness (QED) is 0.931. The van der Waals surface area contributed by atoms with Gasteiger partial charge in [-0.05, 0) is 50.0 Å². The number of hydrogen-bond donors (Lipinski definition) is 1. The normalized spacial score (nSPS) is 11.4. The molecule has 0 saturated heterocycles. The number of carbonyl (C=O) groups is 1. The molecule has 1 aromatic heterocycles. The summed E-state index contributed by atoms with van der Waals surface area (Å²) in [6.45, 7) is 5.55. The summed E-state index contributed by atoms with van der Waals surface area (Å²) in [7, 11) is 0. The van der Waals surface area contributed by atoms with Crippen LogP contribution >= 0.6 is 34.7 Å². The first-order valence-electron chi connectivity index (χ1n) is 5.88. The fraction of sp³-hybridized carbons (Fsp3) is 0.308.